The van der Waals surface area contributed by atoms with Gasteiger partial charge in [-0.2, -0.15) is 0 Å². The zero-order chi connectivity index (χ0) is 26.0. The highest BCUT2D eigenvalue weighted by Gasteiger charge is 2.28. The third-order valence-corrected chi connectivity index (χ3v) is 8.26. The van der Waals surface area contributed by atoms with Crippen LogP contribution in [0.4, 0.5) is 0 Å². The average Bonchev–Trinajstić information content (AvgIpc) is 3.37. The number of allylic oxidation sites excluding steroid dienone is 1. The molecule has 194 valence electrons. The van der Waals surface area contributed by atoms with E-state index in [1.807, 2.05) is 0 Å². The van der Waals surface area contributed by atoms with E-state index in [9.17, 15) is 13.2 Å². The summed E-state index contributed by atoms with van der Waals surface area (Å²) in [5, 5.41) is 4.05. The van der Waals surface area contributed by atoms with E-state index in [2.05, 4.69) is 34.6 Å². The first-order chi connectivity index (χ1) is 17.7. The summed E-state index contributed by atoms with van der Waals surface area (Å²) >= 11 is 5.86. The smallest absolute Gasteiger partial charge is 0.258 e. The molecule has 2 aliphatic rings. The number of rotatable bonds is 8. The molecule has 1 aromatic carbocycles. The van der Waals surface area contributed by atoms with E-state index in [4.69, 9.17) is 16.3 Å². The summed E-state index contributed by atoms with van der Waals surface area (Å²) in [4.78, 5) is 17.0. The summed E-state index contributed by atoms with van der Waals surface area (Å²) in [6, 6.07) is 13.4. The molecule has 0 radical (unpaired) electrons. The van der Waals surface area contributed by atoms with Crippen molar-refractivity contribution in [1.29, 1.82) is 0 Å². The number of hydrogen-bond donors (Lipinski definition) is 1. The summed E-state index contributed by atoms with van der Waals surface area (Å²) in [7, 11) is -3.13. The van der Waals surface area contributed by atoms with Crippen LogP contribution >= 0.6 is 11.6 Å². The Morgan fingerprint density at radius 2 is 2.03 bits per heavy atom. The zero-order valence-electron chi connectivity index (χ0n) is 20.6. The number of aryl methyl sites for hydroxylation is 1. The van der Waals surface area contributed by atoms with Gasteiger partial charge in [-0.25, -0.2) is 12.7 Å². The monoisotopic (exact) mass is 540 g/mol. The molecule has 1 aliphatic heterocycles. The predicted octanol–water partition coefficient (Wildman–Crippen LogP) is 3.54. The summed E-state index contributed by atoms with van der Waals surface area (Å²) < 4.78 is 32.4. The molecular weight excluding hydrogens is 512 g/mol. The van der Waals surface area contributed by atoms with Crippen LogP contribution in [-0.4, -0.2) is 47.7 Å². The lowest BCUT2D eigenvalue weighted by molar-refractivity contribution is 0.300. The molecule has 0 unspecified atom stereocenters. The lowest BCUT2D eigenvalue weighted by Gasteiger charge is -2.20. The summed E-state index contributed by atoms with van der Waals surface area (Å²) in [6.45, 7) is 2.04. The maximum Gasteiger partial charge on any atom is 0.258 e. The molecule has 1 N–H and O–H groups in total. The van der Waals surface area contributed by atoms with Crippen molar-refractivity contribution >= 4 is 33.4 Å². The Kier molecular flexibility index (Phi) is 7.48. The van der Waals surface area contributed by atoms with Crippen LogP contribution in [-0.2, 0) is 29.6 Å². The minimum Gasteiger partial charge on any atom is -0.487 e. The molecule has 0 bridgehead atoms. The molecule has 1 saturated heterocycles. The Bertz CT molecular complexity index is 1480. The van der Waals surface area contributed by atoms with Crippen LogP contribution in [0.1, 0.15) is 35.2 Å². The second kappa shape index (κ2) is 10.8. The van der Waals surface area contributed by atoms with Gasteiger partial charge in [0.25, 0.3) is 5.56 Å². The molecule has 1 aliphatic carbocycles. The van der Waals surface area contributed by atoms with E-state index < -0.39 is 10.0 Å². The van der Waals surface area contributed by atoms with Gasteiger partial charge in [0, 0.05) is 49.8 Å². The fourth-order valence-electron chi connectivity index (χ4n) is 4.73. The fourth-order valence-corrected chi connectivity index (χ4v) is 5.73. The number of fused-ring (bicyclic) bond motifs is 1. The lowest BCUT2D eigenvalue weighted by Crippen LogP contribution is -2.34. The van der Waals surface area contributed by atoms with E-state index in [1.54, 1.807) is 35.2 Å². The number of hydrogen-bond acceptors (Lipinski definition) is 6. The predicted molar refractivity (Wildman–Crippen MR) is 145 cm³/mol. The van der Waals surface area contributed by atoms with Gasteiger partial charge in [-0.1, -0.05) is 29.8 Å². The molecule has 0 amide bonds. The Labute approximate surface area is 221 Å². The molecule has 3 heterocycles. The number of benzene rings is 1. The van der Waals surface area contributed by atoms with Gasteiger partial charge in [0.2, 0.25) is 10.0 Å². The highest BCUT2D eigenvalue weighted by molar-refractivity contribution is 7.88. The van der Waals surface area contributed by atoms with E-state index in [1.165, 1.54) is 27.8 Å². The lowest BCUT2D eigenvalue weighted by atomic mass is 9.93. The van der Waals surface area contributed by atoms with Crippen LogP contribution in [0, 0.1) is 0 Å². The van der Waals surface area contributed by atoms with Crippen LogP contribution < -0.4 is 15.6 Å². The van der Waals surface area contributed by atoms with Crippen molar-refractivity contribution < 1.29 is 13.2 Å². The number of pyridine rings is 2. The second-order valence-corrected chi connectivity index (χ2v) is 11.9. The minimum atomic E-state index is -3.13. The van der Waals surface area contributed by atoms with Gasteiger partial charge >= 0.3 is 0 Å². The highest BCUT2D eigenvalue weighted by Crippen LogP contribution is 2.27. The van der Waals surface area contributed by atoms with Crippen molar-refractivity contribution in [3.63, 3.8) is 0 Å². The molecule has 2 aromatic heterocycles. The molecule has 0 spiro atoms. The van der Waals surface area contributed by atoms with Crippen LogP contribution in [0.2, 0.25) is 5.02 Å². The van der Waals surface area contributed by atoms with Gasteiger partial charge in [0.05, 0.1) is 17.0 Å². The normalized spacial score (nSPS) is 17.9. The maximum absolute atomic E-state index is 12.8. The third-order valence-electron chi connectivity index (χ3n) is 6.77. The summed E-state index contributed by atoms with van der Waals surface area (Å²) in [6.07, 6.45) is 9.06. The van der Waals surface area contributed by atoms with Crippen LogP contribution in [0.5, 0.6) is 5.75 Å². The van der Waals surface area contributed by atoms with Crippen molar-refractivity contribution in [1.82, 2.24) is 19.2 Å². The van der Waals surface area contributed by atoms with Crippen molar-refractivity contribution in [3.8, 4) is 5.75 Å². The van der Waals surface area contributed by atoms with Crippen LogP contribution in [0.15, 0.2) is 59.7 Å². The van der Waals surface area contributed by atoms with Gasteiger partial charge in [-0.3, -0.25) is 14.3 Å². The number of aromatic nitrogens is 2. The molecular formula is C27H29ClN4O4S. The Morgan fingerprint density at radius 1 is 1.16 bits per heavy atom. The van der Waals surface area contributed by atoms with Crippen molar-refractivity contribution in [2.45, 2.75) is 38.5 Å². The van der Waals surface area contributed by atoms with Gasteiger partial charge in [0.1, 0.15) is 12.4 Å². The van der Waals surface area contributed by atoms with E-state index in [0.717, 1.165) is 36.2 Å². The number of sulfonamides is 1. The van der Waals surface area contributed by atoms with Gasteiger partial charge < -0.3 is 10.1 Å². The molecule has 10 heteroatoms. The van der Waals surface area contributed by atoms with Gasteiger partial charge in [0.15, 0.2) is 0 Å². The molecule has 5 rings (SSSR count). The van der Waals surface area contributed by atoms with Crippen molar-refractivity contribution in [2.75, 3.05) is 19.3 Å². The number of nitrogens with zero attached hydrogens (tertiary/aromatic N) is 3. The van der Waals surface area contributed by atoms with Crippen LogP contribution in [0.3, 0.4) is 0 Å². The molecule has 3 aromatic rings. The Hall–Kier alpha value is -2.98. The Morgan fingerprint density at radius 3 is 2.76 bits per heavy atom. The van der Waals surface area contributed by atoms with E-state index >= 15 is 0 Å². The number of ether oxygens (including phenoxy) is 1. The highest BCUT2D eigenvalue weighted by atomic mass is 35.5. The molecule has 0 saturated carbocycles. The number of halogens is 1. The maximum atomic E-state index is 12.8. The molecule has 1 fully saturated rings. The first kappa shape index (κ1) is 25.7. The number of nitrogens with one attached hydrogen (secondary N) is 1. The minimum absolute atomic E-state index is 0.142. The van der Waals surface area contributed by atoms with Gasteiger partial charge in [-0.15, -0.1) is 0 Å². The van der Waals surface area contributed by atoms with Crippen molar-refractivity contribution in [2.24, 2.45) is 0 Å². The SMILES string of the molecule is CS(=O)(=O)N1CC[C@@H](NCc2ccc3c(c2)CCC(n2ccc(OCc4ccc(Cl)cn4)cc2=O)=C3)C1. The topological polar surface area (TPSA) is 93.5 Å². The largest absolute Gasteiger partial charge is 0.487 e. The quantitative estimate of drug-likeness (QED) is 0.470. The molecule has 8 nitrogen and oxygen atoms in total. The van der Waals surface area contributed by atoms with E-state index in [-0.39, 0.29) is 18.2 Å². The second-order valence-electron chi connectivity index (χ2n) is 9.48. The van der Waals surface area contributed by atoms with Gasteiger partial charge in [-0.05, 0) is 60.2 Å². The summed E-state index contributed by atoms with van der Waals surface area (Å²) in [5.74, 6) is 0.494. The third kappa shape index (κ3) is 6.30. The molecule has 1 atom stereocenters. The first-order valence-electron chi connectivity index (χ1n) is 12.2. The standard InChI is InChI=1S/C27H29ClN4O4S/c1-37(34,35)31-10-8-23(17-31)29-15-19-2-3-21-13-25(7-4-20(21)12-19)32-11-9-26(14-27(32)33)36-18-24-6-5-22(28)16-30-24/h2-3,5-6,9,11-14,16,23,29H,4,7-8,10,15,17-18H2,1H3/t23-/m1/s1. The van der Waals surface area contributed by atoms with E-state index in [0.29, 0.717) is 30.4 Å². The molecule has 37 heavy (non-hydrogen) atoms. The summed E-state index contributed by atoms with van der Waals surface area (Å²) in [5.41, 5.74) is 5.06. The average molecular weight is 541 g/mol. The van der Waals surface area contributed by atoms with Crippen LogP contribution in [0.25, 0.3) is 11.8 Å². The first-order valence-corrected chi connectivity index (χ1v) is 14.4. The fraction of sp³-hybridized carbons (Fsp3) is 0.333. The zero-order valence-corrected chi connectivity index (χ0v) is 22.1. The Balaban J connectivity index is 1.21. The van der Waals surface area contributed by atoms with Crippen molar-refractivity contribution in [3.05, 3.63) is 92.6 Å².